The van der Waals surface area contributed by atoms with E-state index in [4.69, 9.17) is 25.8 Å². The first kappa shape index (κ1) is 28.4. The lowest BCUT2D eigenvalue weighted by Gasteiger charge is -2.24. The molecule has 0 saturated carbocycles. The number of allylic oxidation sites excluding steroid dienone is 1. The zero-order valence-electron chi connectivity index (χ0n) is 22.9. The second-order valence-corrected chi connectivity index (χ2v) is 10.7. The van der Waals surface area contributed by atoms with E-state index in [-0.39, 0.29) is 12.2 Å². The number of aromatic nitrogens is 1. The van der Waals surface area contributed by atoms with E-state index < -0.39 is 12.0 Å². The topological polar surface area (TPSA) is 79.1 Å². The van der Waals surface area contributed by atoms with Crippen LogP contribution in [0.15, 0.2) is 93.9 Å². The summed E-state index contributed by atoms with van der Waals surface area (Å²) in [6.45, 7) is 6.49. The van der Waals surface area contributed by atoms with Crippen molar-refractivity contribution >= 4 is 35.0 Å². The number of rotatable bonds is 9. The predicted molar refractivity (Wildman–Crippen MR) is 160 cm³/mol. The number of benzene rings is 3. The van der Waals surface area contributed by atoms with Gasteiger partial charge in [-0.05, 0) is 67.8 Å². The van der Waals surface area contributed by atoms with E-state index >= 15 is 0 Å². The van der Waals surface area contributed by atoms with Crippen LogP contribution in [0.1, 0.15) is 43.5 Å². The van der Waals surface area contributed by atoms with Crippen molar-refractivity contribution in [3.63, 3.8) is 0 Å². The summed E-state index contributed by atoms with van der Waals surface area (Å²) in [7, 11) is 0. The normalized spacial score (nSPS) is 14.8. The Kier molecular flexibility index (Phi) is 8.71. The Morgan fingerprint density at radius 3 is 2.46 bits per heavy atom. The van der Waals surface area contributed by atoms with Crippen molar-refractivity contribution in [3.05, 3.63) is 125 Å². The molecule has 41 heavy (non-hydrogen) atoms. The van der Waals surface area contributed by atoms with E-state index in [2.05, 4.69) is 4.99 Å². The van der Waals surface area contributed by atoms with Crippen LogP contribution in [-0.2, 0) is 16.1 Å². The largest absolute Gasteiger partial charge is 0.490 e. The summed E-state index contributed by atoms with van der Waals surface area (Å²) >= 11 is 7.40. The van der Waals surface area contributed by atoms with E-state index in [1.54, 1.807) is 36.6 Å². The van der Waals surface area contributed by atoms with Gasteiger partial charge in [0.2, 0.25) is 0 Å². The molecular weight excluding hydrogens is 560 g/mol. The molecule has 5 rings (SSSR count). The van der Waals surface area contributed by atoms with Crippen molar-refractivity contribution < 1.29 is 19.0 Å². The average molecular weight is 589 g/mol. The first-order chi connectivity index (χ1) is 19.9. The Morgan fingerprint density at radius 1 is 1.00 bits per heavy atom. The quantitative estimate of drug-likeness (QED) is 0.244. The highest BCUT2D eigenvalue weighted by Gasteiger charge is 2.33. The van der Waals surface area contributed by atoms with Crippen LogP contribution in [0.5, 0.6) is 11.5 Å². The van der Waals surface area contributed by atoms with Gasteiger partial charge in [0.15, 0.2) is 16.3 Å². The molecule has 0 N–H and O–H groups in total. The lowest BCUT2D eigenvalue weighted by molar-refractivity contribution is -0.139. The van der Waals surface area contributed by atoms with Gasteiger partial charge in [-0.3, -0.25) is 9.36 Å². The highest BCUT2D eigenvalue weighted by molar-refractivity contribution is 7.07. The molecule has 3 aromatic carbocycles. The second kappa shape index (κ2) is 12.6. The summed E-state index contributed by atoms with van der Waals surface area (Å²) in [5.41, 5.74) is 3.13. The minimum Gasteiger partial charge on any atom is -0.490 e. The summed E-state index contributed by atoms with van der Waals surface area (Å²) in [6.07, 6.45) is 1.80. The van der Waals surface area contributed by atoms with Crippen LogP contribution >= 0.6 is 22.9 Å². The fraction of sp³-hybridized carbons (Fsp3) is 0.219. The van der Waals surface area contributed by atoms with E-state index in [1.165, 1.54) is 11.3 Å². The maximum atomic E-state index is 13.9. The predicted octanol–water partition coefficient (Wildman–Crippen LogP) is 5.43. The molecule has 0 bridgehead atoms. The number of halogens is 1. The van der Waals surface area contributed by atoms with Crippen LogP contribution in [0.4, 0.5) is 0 Å². The van der Waals surface area contributed by atoms with E-state index in [1.807, 2.05) is 67.6 Å². The van der Waals surface area contributed by atoms with Crippen LogP contribution in [0, 0.1) is 0 Å². The Morgan fingerprint density at radius 2 is 1.76 bits per heavy atom. The number of nitrogens with zero attached hydrogens (tertiary/aromatic N) is 2. The smallest absolute Gasteiger partial charge is 0.338 e. The van der Waals surface area contributed by atoms with Gasteiger partial charge >= 0.3 is 5.97 Å². The fourth-order valence-corrected chi connectivity index (χ4v) is 5.81. The number of carbonyl (C=O) groups excluding carboxylic acids is 1. The monoisotopic (exact) mass is 588 g/mol. The summed E-state index contributed by atoms with van der Waals surface area (Å²) < 4.78 is 19.3. The van der Waals surface area contributed by atoms with Gasteiger partial charge in [-0.1, -0.05) is 71.5 Å². The zero-order chi connectivity index (χ0) is 28.9. The summed E-state index contributed by atoms with van der Waals surface area (Å²) in [6, 6.07) is 21.9. The minimum absolute atomic E-state index is 0.209. The highest BCUT2D eigenvalue weighted by Crippen LogP contribution is 2.32. The molecule has 0 unspecified atom stereocenters. The molecule has 2 heterocycles. The van der Waals surface area contributed by atoms with Gasteiger partial charge < -0.3 is 14.2 Å². The molecule has 0 amide bonds. The molecule has 0 saturated heterocycles. The maximum Gasteiger partial charge on any atom is 0.338 e. The molecule has 0 fully saturated rings. The van der Waals surface area contributed by atoms with Crippen molar-refractivity contribution in [3.8, 4) is 11.5 Å². The SMILES string of the molecule is CCOC(=O)C1=C(C)N=c2sc(=Cc3ccc(OCc4ccccc4)c(OCC)c3)c(=O)n2[C@H]1c1ccc(Cl)cc1. The van der Waals surface area contributed by atoms with Crippen LogP contribution in [0.25, 0.3) is 6.08 Å². The van der Waals surface area contributed by atoms with Crippen LogP contribution in [-0.4, -0.2) is 23.8 Å². The summed E-state index contributed by atoms with van der Waals surface area (Å²) in [5.74, 6) is 0.701. The third kappa shape index (κ3) is 6.14. The van der Waals surface area contributed by atoms with Crippen LogP contribution < -0.4 is 24.4 Å². The van der Waals surface area contributed by atoms with Crippen molar-refractivity contribution in [1.29, 1.82) is 0 Å². The molecule has 9 heteroatoms. The van der Waals surface area contributed by atoms with Gasteiger partial charge in [-0.25, -0.2) is 9.79 Å². The van der Waals surface area contributed by atoms with Gasteiger partial charge in [-0.2, -0.15) is 0 Å². The zero-order valence-corrected chi connectivity index (χ0v) is 24.5. The molecule has 0 aliphatic carbocycles. The Hall–Kier alpha value is -4.14. The molecular formula is C32H29ClN2O5S. The molecule has 0 spiro atoms. The number of hydrogen-bond acceptors (Lipinski definition) is 7. The van der Waals surface area contributed by atoms with Crippen molar-refractivity contribution in [2.75, 3.05) is 13.2 Å². The Bertz CT molecular complexity index is 1780. The minimum atomic E-state index is -0.697. The first-order valence-electron chi connectivity index (χ1n) is 13.3. The number of esters is 1. The second-order valence-electron chi connectivity index (χ2n) is 9.27. The van der Waals surface area contributed by atoms with Crippen molar-refractivity contribution in [2.24, 2.45) is 4.99 Å². The number of fused-ring (bicyclic) bond motifs is 1. The lowest BCUT2D eigenvalue weighted by Crippen LogP contribution is -2.39. The van der Waals surface area contributed by atoms with Crippen molar-refractivity contribution in [1.82, 2.24) is 4.57 Å². The Labute approximate surface area is 246 Å². The van der Waals surface area contributed by atoms with Crippen LogP contribution in [0.2, 0.25) is 5.02 Å². The number of hydrogen-bond donors (Lipinski definition) is 0. The van der Waals surface area contributed by atoms with E-state index in [9.17, 15) is 9.59 Å². The maximum absolute atomic E-state index is 13.9. The molecule has 1 aliphatic rings. The van der Waals surface area contributed by atoms with E-state index in [0.717, 1.165) is 16.7 Å². The first-order valence-corrected chi connectivity index (χ1v) is 14.5. The van der Waals surface area contributed by atoms with Gasteiger partial charge in [0.1, 0.15) is 6.61 Å². The lowest BCUT2D eigenvalue weighted by atomic mass is 9.96. The van der Waals surface area contributed by atoms with E-state index in [0.29, 0.717) is 50.3 Å². The molecule has 1 aromatic heterocycles. The molecule has 0 radical (unpaired) electrons. The number of carbonyl (C=O) groups is 1. The third-order valence-corrected chi connectivity index (χ3v) is 7.74. The average Bonchev–Trinajstić information content (AvgIpc) is 3.27. The standard InChI is InChI=1S/C32H29ClN2O5S/c1-4-38-26-17-22(11-16-25(26)40-19-21-9-7-6-8-10-21)18-27-30(36)35-29(23-12-14-24(33)15-13-23)28(31(37)39-5-2)20(3)34-32(35)41-27/h6-18,29H,4-5,19H2,1-3H3/t29-/m0/s1. The van der Waals surface area contributed by atoms with Gasteiger partial charge in [-0.15, -0.1) is 0 Å². The molecule has 7 nitrogen and oxygen atoms in total. The van der Waals surface area contributed by atoms with Gasteiger partial charge in [0, 0.05) is 5.02 Å². The molecule has 1 atom stereocenters. The number of thiazole rings is 1. The molecule has 1 aliphatic heterocycles. The summed E-state index contributed by atoms with van der Waals surface area (Å²) in [4.78, 5) is 32.0. The van der Waals surface area contributed by atoms with Crippen molar-refractivity contribution in [2.45, 2.75) is 33.4 Å². The molecule has 4 aromatic rings. The fourth-order valence-electron chi connectivity index (χ4n) is 4.64. The highest BCUT2D eigenvalue weighted by atomic mass is 35.5. The molecule has 210 valence electrons. The summed E-state index contributed by atoms with van der Waals surface area (Å²) in [5, 5.41) is 0.556. The van der Waals surface area contributed by atoms with Crippen LogP contribution in [0.3, 0.4) is 0 Å². The third-order valence-electron chi connectivity index (χ3n) is 6.51. The Balaban J connectivity index is 1.56. The van der Waals surface area contributed by atoms with Gasteiger partial charge in [0.05, 0.1) is 35.1 Å². The van der Waals surface area contributed by atoms with Gasteiger partial charge in [0.25, 0.3) is 5.56 Å². The number of ether oxygens (including phenoxy) is 3.